The van der Waals surface area contributed by atoms with Crippen LogP contribution in [0.25, 0.3) is 0 Å². The number of hydrogen-bond acceptors (Lipinski definition) is 1. The summed E-state index contributed by atoms with van der Waals surface area (Å²) in [5, 5.41) is 0. The van der Waals surface area contributed by atoms with E-state index in [1.54, 1.807) is 0 Å². The molecule has 1 atom stereocenters. The zero-order valence-electron chi connectivity index (χ0n) is 15.3. The van der Waals surface area contributed by atoms with Gasteiger partial charge in [0.25, 0.3) is 0 Å². The molecule has 0 aliphatic carbocycles. The molecule has 0 fully saturated rings. The molecule has 0 N–H and O–H groups in total. The minimum atomic E-state index is -1.96. The molecular formula is C18H38Cl2OSi. The van der Waals surface area contributed by atoms with Crippen molar-refractivity contribution in [2.75, 3.05) is 0 Å². The van der Waals surface area contributed by atoms with Gasteiger partial charge in [0, 0.05) is 6.10 Å². The first-order valence-electron chi connectivity index (χ1n) is 9.40. The van der Waals surface area contributed by atoms with E-state index in [0.717, 1.165) is 0 Å². The zero-order chi connectivity index (χ0) is 16.8. The Hall–Kier alpha value is 0.757. The fourth-order valence-corrected chi connectivity index (χ4v) is 4.20. The molecule has 0 bridgehead atoms. The number of alkyl halides is 2. The number of unbranched alkanes of at least 4 members (excludes halogenated alkanes) is 8. The van der Waals surface area contributed by atoms with Gasteiger partial charge in [0.1, 0.15) is 4.46 Å². The Balaban J connectivity index is 4.02. The molecule has 0 aliphatic heterocycles. The average molecular weight is 369 g/mol. The molecule has 0 radical (unpaired) electrons. The van der Waals surface area contributed by atoms with Crippen molar-refractivity contribution in [2.24, 2.45) is 0 Å². The van der Waals surface area contributed by atoms with E-state index in [4.69, 9.17) is 27.6 Å². The number of halogens is 2. The third-order valence-electron chi connectivity index (χ3n) is 4.26. The second-order valence-corrected chi connectivity index (χ2v) is 12.9. The van der Waals surface area contributed by atoms with Crippen LogP contribution in [0, 0.1) is 0 Å². The molecule has 134 valence electrons. The maximum absolute atomic E-state index is 6.37. The molecule has 0 saturated carbocycles. The summed E-state index contributed by atoms with van der Waals surface area (Å²) in [6, 6.07) is 0. The third-order valence-corrected chi connectivity index (χ3v) is 9.40. The average Bonchev–Trinajstić information content (AvgIpc) is 2.45. The quantitative estimate of drug-likeness (QED) is 0.164. The normalized spacial score (nSPS) is 13.8. The second-order valence-electron chi connectivity index (χ2n) is 7.05. The van der Waals surface area contributed by atoms with Crippen LogP contribution in [0.2, 0.25) is 13.1 Å². The van der Waals surface area contributed by atoms with E-state index in [0.29, 0.717) is 6.10 Å². The summed E-state index contributed by atoms with van der Waals surface area (Å²) in [6.45, 7) is 8.79. The Labute approximate surface area is 150 Å². The molecule has 0 saturated heterocycles. The molecule has 0 aliphatic rings. The molecular weight excluding hydrogens is 331 g/mol. The van der Waals surface area contributed by atoms with Crippen LogP contribution in [-0.4, -0.2) is 18.9 Å². The molecule has 0 aromatic heterocycles. The molecule has 22 heavy (non-hydrogen) atoms. The van der Waals surface area contributed by atoms with Gasteiger partial charge >= 0.3 is 0 Å². The summed E-state index contributed by atoms with van der Waals surface area (Å²) in [5.41, 5.74) is 0. The summed E-state index contributed by atoms with van der Waals surface area (Å²) in [6.07, 6.45) is 16.0. The fraction of sp³-hybridized carbons (Fsp3) is 1.00. The van der Waals surface area contributed by atoms with Crippen molar-refractivity contribution in [3.05, 3.63) is 0 Å². The van der Waals surface area contributed by atoms with Crippen LogP contribution in [0.1, 0.15) is 90.9 Å². The van der Waals surface area contributed by atoms with Crippen molar-refractivity contribution in [1.29, 1.82) is 0 Å². The smallest absolute Gasteiger partial charge is 0.220 e. The van der Waals surface area contributed by atoms with Crippen molar-refractivity contribution >= 4 is 31.5 Å². The Morgan fingerprint density at radius 2 is 1.14 bits per heavy atom. The van der Waals surface area contributed by atoms with E-state index in [1.165, 1.54) is 77.0 Å². The van der Waals surface area contributed by atoms with Gasteiger partial charge in [-0.25, -0.2) is 0 Å². The Morgan fingerprint density at radius 3 is 1.64 bits per heavy atom. The molecule has 0 heterocycles. The van der Waals surface area contributed by atoms with Gasteiger partial charge in [0.05, 0.1) is 0 Å². The number of hydrogen-bond donors (Lipinski definition) is 0. The van der Waals surface area contributed by atoms with Gasteiger partial charge in [-0.05, 0) is 25.9 Å². The Morgan fingerprint density at radius 1 is 0.727 bits per heavy atom. The lowest BCUT2D eigenvalue weighted by Gasteiger charge is -2.30. The summed E-state index contributed by atoms with van der Waals surface area (Å²) in [5.74, 6) is 0. The molecule has 0 amide bonds. The highest BCUT2D eigenvalue weighted by molar-refractivity contribution is 6.88. The zero-order valence-corrected chi connectivity index (χ0v) is 17.8. The van der Waals surface area contributed by atoms with Gasteiger partial charge in [0.15, 0.2) is 0 Å². The van der Waals surface area contributed by atoms with Gasteiger partial charge < -0.3 is 4.43 Å². The van der Waals surface area contributed by atoms with E-state index in [9.17, 15) is 0 Å². The first-order chi connectivity index (χ1) is 10.4. The van der Waals surface area contributed by atoms with E-state index in [2.05, 4.69) is 26.9 Å². The molecule has 0 rings (SSSR count). The van der Waals surface area contributed by atoms with Crippen LogP contribution in [0.5, 0.6) is 0 Å². The lowest BCUT2D eigenvalue weighted by Crippen LogP contribution is -2.42. The number of rotatable bonds is 15. The van der Waals surface area contributed by atoms with Gasteiger partial charge in [-0.1, -0.05) is 78.1 Å². The third kappa shape index (κ3) is 12.2. The van der Waals surface area contributed by atoms with Crippen molar-refractivity contribution in [1.82, 2.24) is 0 Å². The molecule has 4 heteroatoms. The highest BCUT2D eigenvalue weighted by Crippen LogP contribution is 2.25. The predicted octanol–water partition coefficient (Wildman–Crippen LogP) is 7.64. The second kappa shape index (κ2) is 14.1. The Bertz CT molecular complexity index is 247. The standard InChI is InChI=1S/C18H38Cl2OSi/c1-5-7-9-10-11-12-14-16-17(15-13-8-6-2)21-22(3,4)18(19)20/h17-18H,5-16H2,1-4H3. The maximum atomic E-state index is 6.37. The van der Waals surface area contributed by atoms with Crippen LogP contribution in [0.4, 0.5) is 0 Å². The van der Waals surface area contributed by atoms with Gasteiger partial charge in [-0.3, -0.25) is 0 Å². The highest BCUT2D eigenvalue weighted by atomic mass is 35.5. The fourth-order valence-electron chi connectivity index (χ4n) is 2.69. The summed E-state index contributed by atoms with van der Waals surface area (Å²) in [4.78, 5) is 0. The summed E-state index contributed by atoms with van der Waals surface area (Å²) < 4.78 is 6.03. The molecule has 0 aromatic carbocycles. The summed E-state index contributed by atoms with van der Waals surface area (Å²) in [7, 11) is -1.96. The van der Waals surface area contributed by atoms with Crippen molar-refractivity contribution < 1.29 is 4.43 Å². The monoisotopic (exact) mass is 368 g/mol. The Kier molecular flexibility index (Phi) is 14.6. The van der Waals surface area contributed by atoms with Crippen LogP contribution >= 0.6 is 23.2 Å². The predicted molar refractivity (Wildman–Crippen MR) is 105 cm³/mol. The highest BCUT2D eigenvalue weighted by Gasteiger charge is 2.33. The minimum Gasteiger partial charge on any atom is -0.412 e. The first-order valence-corrected chi connectivity index (χ1v) is 13.3. The van der Waals surface area contributed by atoms with Gasteiger partial charge in [0.2, 0.25) is 8.32 Å². The minimum absolute atomic E-state index is 0.338. The maximum Gasteiger partial charge on any atom is 0.220 e. The van der Waals surface area contributed by atoms with Crippen LogP contribution in [-0.2, 0) is 4.43 Å². The summed E-state index contributed by atoms with van der Waals surface area (Å²) >= 11 is 12.2. The lowest BCUT2D eigenvalue weighted by molar-refractivity contribution is 0.164. The molecule has 1 nitrogen and oxygen atoms in total. The molecule has 1 unspecified atom stereocenters. The van der Waals surface area contributed by atoms with Crippen molar-refractivity contribution in [2.45, 2.75) is 115 Å². The van der Waals surface area contributed by atoms with Crippen molar-refractivity contribution in [3.63, 3.8) is 0 Å². The van der Waals surface area contributed by atoms with E-state index >= 15 is 0 Å². The topological polar surface area (TPSA) is 9.23 Å². The lowest BCUT2D eigenvalue weighted by atomic mass is 10.0. The van der Waals surface area contributed by atoms with Gasteiger partial charge in [-0.2, -0.15) is 0 Å². The van der Waals surface area contributed by atoms with Gasteiger partial charge in [-0.15, -0.1) is 23.2 Å². The SMILES string of the molecule is CCCCCCCCCC(CCCCC)O[Si](C)(C)C(Cl)Cl. The largest absolute Gasteiger partial charge is 0.412 e. The van der Waals surface area contributed by atoms with E-state index in [1.807, 2.05) is 0 Å². The van der Waals surface area contributed by atoms with Crippen molar-refractivity contribution in [3.8, 4) is 0 Å². The van der Waals surface area contributed by atoms with E-state index < -0.39 is 8.32 Å². The van der Waals surface area contributed by atoms with E-state index in [-0.39, 0.29) is 4.46 Å². The van der Waals surface area contributed by atoms with Crippen LogP contribution in [0.15, 0.2) is 0 Å². The molecule has 0 aromatic rings. The molecule has 0 spiro atoms. The van der Waals surface area contributed by atoms with Crippen LogP contribution < -0.4 is 0 Å². The first kappa shape index (κ1) is 22.8. The van der Waals surface area contributed by atoms with Crippen LogP contribution in [0.3, 0.4) is 0 Å².